The molecule has 5 heteroatoms. The van der Waals surface area contributed by atoms with Crippen molar-refractivity contribution in [2.24, 2.45) is 5.92 Å². The van der Waals surface area contributed by atoms with Crippen LogP contribution in [0.1, 0.15) is 30.1 Å². The monoisotopic (exact) mass is 252 g/mol. The van der Waals surface area contributed by atoms with E-state index in [4.69, 9.17) is 0 Å². The summed E-state index contributed by atoms with van der Waals surface area (Å²) in [6.45, 7) is 2.90. The van der Waals surface area contributed by atoms with Crippen molar-refractivity contribution in [1.82, 2.24) is 9.88 Å². The summed E-state index contributed by atoms with van der Waals surface area (Å²) in [6.07, 6.45) is 3.64. The number of amides is 1. The second-order valence-corrected chi connectivity index (χ2v) is 4.73. The molecule has 0 radical (unpaired) electrons. The molecular weight excluding hydrogens is 235 g/mol. The summed E-state index contributed by atoms with van der Waals surface area (Å²) in [4.78, 5) is 17.4. The molecule has 4 nitrogen and oxygen atoms in total. The molecule has 1 aliphatic heterocycles. The lowest BCUT2D eigenvalue weighted by atomic mass is 9.92. The minimum Gasteiger partial charge on any atom is -0.393 e. The first kappa shape index (κ1) is 13.0. The highest BCUT2D eigenvalue weighted by molar-refractivity contribution is 5.94. The van der Waals surface area contributed by atoms with Crippen LogP contribution in [0.5, 0.6) is 0 Å². The predicted octanol–water partition coefficient (Wildman–Crippen LogP) is 1.45. The number of aromatic nitrogens is 1. The molecule has 18 heavy (non-hydrogen) atoms. The molecule has 1 fully saturated rings. The maximum atomic E-state index is 13.4. The number of carbonyl (C=O) groups excluding carboxylic acids is 1. The molecule has 0 spiro atoms. The number of piperidine rings is 1. The van der Waals surface area contributed by atoms with Gasteiger partial charge in [-0.25, -0.2) is 4.39 Å². The summed E-state index contributed by atoms with van der Waals surface area (Å²) in [7, 11) is 0. The zero-order valence-corrected chi connectivity index (χ0v) is 10.3. The lowest BCUT2D eigenvalue weighted by Gasteiger charge is -2.33. The van der Waals surface area contributed by atoms with Crippen molar-refractivity contribution in [3.63, 3.8) is 0 Å². The Bertz CT molecular complexity index is 429. The van der Waals surface area contributed by atoms with Crippen LogP contribution in [0.4, 0.5) is 4.39 Å². The van der Waals surface area contributed by atoms with Gasteiger partial charge in [0.25, 0.3) is 5.91 Å². The summed E-state index contributed by atoms with van der Waals surface area (Å²) in [5, 5.41) is 9.49. The van der Waals surface area contributed by atoms with Crippen LogP contribution in [0.25, 0.3) is 0 Å². The molecule has 2 heterocycles. The van der Waals surface area contributed by atoms with Crippen LogP contribution < -0.4 is 0 Å². The van der Waals surface area contributed by atoms with E-state index in [1.165, 1.54) is 12.3 Å². The zero-order valence-electron chi connectivity index (χ0n) is 10.3. The van der Waals surface area contributed by atoms with E-state index in [0.717, 1.165) is 19.0 Å². The van der Waals surface area contributed by atoms with Gasteiger partial charge in [0.2, 0.25) is 0 Å². The average Bonchev–Trinajstić information content (AvgIpc) is 2.38. The maximum absolute atomic E-state index is 13.4. The topological polar surface area (TPSA) is 53.4 Å². The van der Waals surface area contributed by atoms with Crippen LogP contribution in [-0.2, 0) is 0 Å². The summed E-state index contributed by atoms with van der Waals surface area (Å²) < 4.78 is 13.4. The van der Waals surface area contributed by atoms with E-state index in [1.807, 2.05) is 0 Å². The molecule has 1 atom stereocenters. The van der Waals surface area contributed by atoms with Gasteiger partial charge in [-0.1, -0.05) is 0 Å². The van der Waals surface area contributed by atoms with Crippen LogP contribution in [-0.4, -0.2) is 40.1 Å². The highest BCUT2D eigenvalue weighted by Gasteiger charge is 2.27. The molecule has 1 aromatic rings. The van der Waals surface area contributed by atoms with Gasteiger partial charge in [-0.2, -0.15) is 0 Å². The van der Waals surface area contributed by atoms with Gasteiger partial charge in [0.15, 0.2) is 5.82 Å². The fraction of sp³-hybridized carbons (Fsp3) is 0.538. The molecular formula is C13H17FN2O2. The number of hydrogen-bond acceptors (Lipinski definition) is 3. The number of hydrogen-bond donors (Lipinski definition) is 1. The minimum absolute atomic E-state index is 0.0699. The van der Waals surface area contributed by atoms with E-state index in [-0.39, 0.29) is 23.5 Å². The Morgan fingerprint density at radius 2 is 2.22 bits per heavy atom. The SMILES string of the molecule is CC(O)C1CCN(C(=O)c2ccncc2F)CC1. The van der Waals surface area contributed by atoms with E-state index in [0.29, 0.717) is 13.1 Å². The maximum Gasteiger partial charge on any atom is 0.256 e. The molecule has 1 saturated heterocycles. The number of halogens is 1. The summed E-state index contributed by atoms with van der Waals surface area (Å²) >= 11 is 0. The molecule has 0 bridgehead atoms. The molecule has 2 rings (SSSR count). The fourth-order valence-corrected chi connectivity index (χ4v) is 2.30. The third kappa shape index (κ3) is 2.67. The Morgan fingerprint density at radius 3 is 2.78 bits per heavy atom. The van der Waals surface area contributed by atoms with Crippen molar-refractivity contribution in [1.29, 1.82) is 0 Å². The Hall–Kier alpha value is -1.49. The molecule has 0 saturated carbocycles. The predicted molar refractivity (Wildman–Crippen MR) is 64.5 cm³/mol. The number of rotatable bonds is 2. The van der Waals surface area contributed by atoms with Gasteiger partial charge in [0, 0.05) is 19.3 Å². The smallest absolute Gasteiger partial charge is 0.256 e. The number of pyridine rings is 1. The largest absolute Gasteiger partial charge is 0.393 e. The zero-order chi connectivity index (χ0) is 13.1. The van der Waals surface area contributed by atoms with Crippen LogP contribution >= 0.6 is 0 Å². The summed E-state index contributed by atoms with van der Waals surface area (Å²) in [6, 6.07) is 1.40. The second kappa shape index (κ2) is 5.44. The van der Waals surface area contributed by atoms with Crippen molar-refractivity contribution < 1.29 is 14.3 Å². The molecule has 1 N–H and O–H groups in total. The van der Waals surface area contributed by atoms with Crippen molar-refractivity contribution in [3.05, 3.63) is 29.8 Å². The van der Waals surface area contributed by atoms with E-state index >= 15 is 0 Å². The van der Waals surface area contributed by atoms with Gasteiger partial charge >= 0.3 is 0 Å². The van der Waals surface area contributed by atoms with Gasteiger partial charge in [-0.15, -0.1) is 0 Å². The molecule has 0 aliphatic carbocycles. The lowest BCUT2D eigenvalue weighted by Crippen LogP contribution is -2.41. The minimum atomic E-state index is -0.583. The van der Waals surface area contributed by atoms with Gasteiger partial charge in [0.1, 0.15) is 0 Å². The van der Waals surface area contributed by atoms with Crippen LogP contribution in [0, 0.1) is 11.7 Å². The van der Waals surface area contributed by atoms with Crippen molar-refractivity contribution >= 4 is 5.91 Å². The number of aliphatic hydroxyl groups is 1. The van der Waals surface area contributed by atoms with Gasteiger partial charge in [-0.3, -0.25) is 9.78 Å². The van der Waals surface area contributed by atoms with Crippen LogP contribution in [0.15, 0.2) is 18.5 Å². The quantitative estimate of drug-likeness (QED) is 0.866. The molecule has 0 aromatic carbocycles. The normalized spacial score (nSPS) is 18.7. The molecule has 1 aromatic heterocycles. The van der Waals surface area contributed by atoms with Crippen LogP contribution in [0.3, 0.4) is 0 Å². The third-order valence-electron chi connectivity index (χ3n) is 3.51. The Kier molecular flexibility index (Phi) is 3.91. The number of likely N-dealkylation sites (tertiary alicyclic amines) is 1. The summed E-state index contributed by atoms with van der Waals surface area (Å²) in [5.74, 6) is -0.643. The van der Waals surface area contributed by atoms with E-state index < -0.39 is 5.82 Å². The highest BCUT2D eigenvalue weighted by Crippen LogP contribution is 2.22. The molecule has 98 valence electrons. The van der Waals surface area contributed by atoms with Crippen molar-refractivity contribution in [3.8, 4) is 0 Å². The number of carbonyl (C=O) groups is 1. The van der Waals surface area contributed by atoms with Crippen molar-refractivity contribution in [2.45, 2.75) is 25.9 Å². The number of nitrogens with zero attached hydrogens (tertiary/aromatic N) is 2. The Labute approximate surface area is 105 Å². The van der Waals surface area contributed by atoms with Gasteiger partial charge in [-0.05, 0) is 31.7 Å². The third-order valence-corrected chi connectivity index (χ3v) is 3.51. The lowest BCUT2D eigenvalue weighted by molar-refractivity contribution is 0.0518. The molecule has 1 unspecified atom stereocenters. The molecule has 1 aliphatic rings. The van der Waals surface area contributed by atoms with Crippen LogP contribution in [0.2, 0.25) is 0 Å². The van der Waals surface area contributed by atoms with E-state index in [1.54, 1.807) is 11.8 Å². The Balaban J connectivity index is 2.02. The van der Waals surface area contributed by atoms with E-state index in [2.05, 4.69) is 4.98 Å². The highest BCUT2D eigenvalue weighted by atomic mass is 19.1. The number of aliphatic hydroxyl groups excluding tert-OH is 1. The first-order chi connectivity index (χ1) is 8.59. The summed E-state index contributed by atoms with van der Waals surface area (Å²) in [5.41, 5.74) is 0.0699. The van der Waals surface area contributed by atoms with E-state index in [9.17, 15) is 14.3 Å². The molecule has 1 amide bonds. The second-order valence-electron chi connectivity index (χ2n) is 4.73. The van der Waals surface area contributed by atoms with Gasteiger partial charge < -0.3 is 10.0 Å². The Morgan fingerprint density at radius 1 is 1.56 bits per heavy atom. The standard InChI is InChI=1S/C13H17FN2O2/c1-9(17)10-3-6-16(7-4-10)13(18)11-2-5-15-8-12(11)14/h2,5,8-10,17H,3-4,6-7H2,1H3. The first-order valence-corrected chi connectivity index (χ1v) is 6.16. The first-order valence-electron chi connectivity index (χ1n) is 6.16. The average molecular weight is 252 g/mol. The fourth-order valence-electron chi connectivity index (χ4n) is 2.30. The van der Waals surface area contributed by atoms with Crippen molar-refractivity contribution in [2.75, 3.05) is 13.1 Å². The van der Waals surface area contributed by atoms with Gasteiger partial charge in [0.05, 0.1) is 17.9 Å².